The highest BCUT2D eigenvalue weighted by Crippen LogP contribution is 2.26. The summed E-state index contributed by atoms with van der Waals surface area (Å²) in [6, 6.07) is 4.96. The van der Waals surface area contributed by atoms with Gasteiger partial charge in [-0.15, -0.1) is 11.3 Å². The lowest BCUT2D eigenvalue weighted by molar-refractivity contribution is -0.140. The van der Waals surface area contributed by atoms with E-state index < -0.39 is 17.9 Å². The van der Waals surface area contributed by atoms with Gasteiger partial charge in [-0.2, -0.15) is 0 Å². The van der Waals surface area contributed by atoms with Crippen LogP contribution >= 0.6 is 11.3 Å². The summed E-state index contributed by atoms with van der Waals surface area (Å²) in [5.74, 6) is -2.10. The van der Waals surface area contributed by atoms with E-state index in [1.165, 1.54) is 12.1 Å². The van der Waals surface area contributed by atoms with E-state index in [1.54, 1.807) is 26.0 Å². The molecule has 0 spiro atoms. The number of thiophene rings is 1. The number of amides is 1. The van der Waals surface area contributed by atoms with Crippen LogP contribution in [-0.2, 0) is 4.79 Å². The van der Waals surface area contributed by atoms with Gasteiger partial charge < -0.3 is 10.4 Å². The molecule has 1 atom stereocenters. The largest absolute Gasteiger partial charge is 0.480 e. The Kier molecular flexibility index (Phi) is 4.04. The predicted octanol–water partition coefficient (Wildman–Crippen LogP) is 2.88. The second kappa shape index (κ2) is 5.58. The number of rotatable bonds is 4. The average molecular weight is 295 g/mol. The molecule has 20 heavy (non-hydrogen) atoms. The van der Waals surface area contributed by atoms with Crippen molar-refractivity contribution in [1.82, 2.24) is 5.32 Å². The molecule has 1 aromatic carbocycles. The highest BCUT2D eigenvalue weighted by atomic mass is 32.1. The van der Waals surface area contributed by atoms with Gasteiger partial charge in [0.1, 0.15) is 11.9 Å². The minimum absolute atomic E-state index is 0.219. The molecule has 0 bridgehead atoms. The van der Waals surface area contributed by atoms with Crippen LogP contribution in [0.4, 0.5) is 4.39 Å². The molecule has 0 saturated carbocycles. The van der Waals surface area contributed by atoms with Gasteiger partial charge in [-0.05, 0) is 29.5 Å². The number of carbonyl (C=O) groups is 2. The smallest absolute Gasteiger partial charge is 0.326 e. The third-order valence-electron chi connectivity index (χ3n) is 2.93. The van der Waals surface area contributed by atoms with E-state index >= 15 is 0 Å². The molecule has 4 nitrogen and oxygen atoms in total. The number of carbonyl (C=O) groups excluding carboxylic acids is 1. The number of benzene rings is 1. The van der Waals surface area contributed by atoms with Crippen molar-refractivity contribution in [3.8, 4) is 0 Å². The Bertz CT molecular complexity index is 665. The predicted molar refractivity (Wildman–Crippen MR) is 75.5 cm³/mol. The Morgan fingerprint density at radius 3 is 2.60 bits per heavy atom. The lowest BCUT2D eigenvalue weighted by atomic mass is 10.0. The number of hydrogen-bond donors (Lipinski definition) is 2. The first-order chi connectivity index (χ1) is 9.38. The molecule has 1 aromatic heterocycles. The fraction of sp³-hybridized carbons (Fsp3) is 0.286. The fourth-order valence-corrected chi connectivity index (χ4v) is 2.83. The van der Waals surface area contributed by atoms with Crippen LogP contribution in [0.5, 0.6) is 0 Å². The maximum Gasteiger partial charge on any atom is 0.326 e. The molecule has 2 rings (SSSR count). The molecule has 0 saturated heterocycles. The monoisotopic (exact) mass is 295 g/mol. The van der Waals surface area contributed by atoms with Crippen molar-refractivity contribution in [2.24, 2.45) is 5.92 Å². The molecule has 1 amide bonds. The zero-order valence-corrected chi connectivity index (χ0v) is 11.8. The summed E-state index contributed by atoms with van der Waals surface area (Å²) in [6.45, 7) is 3.44. The van der Waals surface area contributed by atoms with Crippen LogP contribution < -0.4 is 5.32 Å². The Labute approximate surface area is 119 Å². The van der Waals surface area contributed by atoms with Crippen LogP contribution in [0.3, 0.4) is 0 Å². The Morgan fingerprint density at radius 1 is 1.30 bits per heavy atom. The van der Waals surface area contributed by atoms with Gasteiger partial charge in [0.25, 0.3) is 5.91 Å². The number of aliphatic carboxylic acids is 1. The summed E-state index contributed by atoms with van der Waals surface area (Å²) >= 11 is 1.14. The van der Waals surface area contributed by atoms with Gasteiger partial charge in [0.15, 0.2) is 0 Å². The Morgan fingerprint density at radius 2 is 2.00 bits per heavy atom. The van der Waals surface area contributed by atoms with Crippen molar-refractivity contribution in [3.63, 3.8) is 0 Å². The maximum atomic E-state index is 13.1. The van der Waals surface area contributed by atoms with Gasteiger partial charge in [-0.1, -0.05) is 19.9 Å². The first-order valence-electron chi connectivity index (χ1n) is 6.11. The van der Waals surface area contributed by atoms with Gasteiger partial charge >= 0.3 is 5.97 Å². The molecule has 0 fully saturated rings. The van der Waals surface area contributed by atoms with Crippen LogP contribution in [0.25, 0.3) is 10.1 Å². The first kappa shape index (κ1) is 14.5. The molecule has 2 N–H and O–H groups in total. The highest BCUT2D eigenvalue weighted by molar-refractivity contribution is 7.20. The van der Waals surface area contributed by atoms with Crippen LogP contribution in [0.2, 0.25) is 0 Å². The van der Waals surface area contributed by atoms with Gasteiger partial charge in [0.05, 0.1) is 4.88 Å². The molecule has 106 valence electrons. The average Bonchev–Trinajstić information content (AvgIpc) is 2.77. The maximum absolute atomic E-state index is 13.1. The number of halogens is 1. The molecular formula is C14H14FNO3S. The molecule has 0 aliphatic carbocycles. The number of nitrogens with one attached hydrogen (secondary N) is 1. The SMILES string of the molecule is CC(C)[C@@H](NC(=O)c1cc2ccc(F)cc2s1)C(=O)O. The van der Waals surface area contributed by atoms with E-state index in [1.807, 2.05) is 0 Å². The van der Waals surface area contributed by atoms with Crippen molar-refractivity contribution < 1.29 is 19.1 Å². The van der Waals surface area contributed by atoms with Crippen molar-refractivity contribution in [2.45, 2.75) is 19.9 Å². The summed E-state index contributed by atoms with van der Waals surface area (Å²) in [6.07, 6.45) is 0. The van der Waals surface area contributed by atoms with Crippen LogP contribution in [0, 0.1) is 11.7 Å². The number of hydrogen-bond acceptors (Lipinski definition) is 3. The molecule has 6 heteroatoms. The summed E-state index contributed by atoms with van der Waals surface area (Å²) in [4.78, 5) is 23.5. The second-order valence-corrected chi connectivity index (χ2v) is 5.91. The van der Waals surface area contributed by atoms with Crippen LogP contribution in [0.15, 0.2) is 24.3 Å². The number of fused-ring (bicyclic) bond motifs is 1. The van der Waals surface area contributed by atoms with Gasteiger partial charge in [-0.3, -0.25) is 4.79 Å². The summed E-state index contributed by atoms with van der Waals surface area (Å²) in [7, 11) is 0. The summed E-state index contributed by atoms with van der Waals surface area (Å²) < 4.78 is 13.8. The molecule has 0 aliphatic heterocycles. The van der Waals surface area contributed by atoms with Crippen molar-refractivity contribution in [3.05, 3.63) is 35.0 Å². The molecule has 0 aliphatic rings. The lowest BCUT2D eigenvalue weighted by Crippen LogP contribution is -2.44. The van der Waals surface area contributed by atoms with Gasteiger partial charge in [0, 0.05) is 4.70 Å². The van der Waals surface area contributed by atoms with Crippen LogP contribution in [0.1, 0.15) is 23.5 Å². The minimum Gasteiger partial charge on any atom is -0.480 e. The van der Waals surface area contributed by atoms with E-state index in [0.29, 0.717) is 9.58 Å². The number of carboxylic acid groups (broad SMARTS) is 1. The lowest BCUT2D eigenvalue weighted by Gasteiger charge is -2.17. The zero-order chi connectivity index (χ0) is 14.9. The summed E-state index contributed by atoms with van der Waals surface area (Å²) in [5, 5.41) is 12.3. The summed E-state index contributed by atoms with van der Waals surface area (Å²) in [5.41, 5.74) is 0. The van der Waals surface area contributed by atoms with E-state index in [9.17, 15) is 14.0 Å². The van der Waals surface area contributed by atoms with Crippen molar-refractivity contribution in [1.29, 1.82) is 0 Å². The minimum atomic E-state index is -1.07. The third-order valence-corrected chi connectivity index (χ3v) is 4.02. The standard InChI is InChI=1S/C14H14FNO3S/c1-7(2)12(14(18)19)16-13(17)11-5-8-3-4-9(15)6-10(8)20-11/h3-7,12H,1-2H3,(H,16,17)(H,18,19)/t12-/m1/s1. The van der Waals surface area contributed by atoms with E-state index in [-0.39, 0.29) is 11.7 Å². The zero-order valence-electron chi connectivity index (χ0n) is 11.0. The van der Waals surface area contributed by atoms with E-state index in [2.05, 4.69) is 5.32 Å². The molecule has 2 aromatic rings. The second-order valence-electron chi connectivity index (χ2n) is 4.83. The van der Waals surface area contributed by atoms with Crippen LogP contribution in [-0.4, -0.2) is 23.0 Å². The van der Waals surface area contributed by atoms with E-state index in [0.717, 1.165) is 16.7 Å². The Hall–Kier alpha value is -1.95. The fourth-order valence-electron chi connectivity index (χ4n) is 1.84. The molecule has 0 unspecified atom stereocenters. The third kappa shape index (κ3) is 2.96. The molecule has 1 heterocycles. The topological polar surface area (TPSA) is 66.4 Å². The van der Waals surface area contributed by atoms with Gasteiger partial charge in [0.2, 0.25) is 0 Å². The van der Waals surface area contributed by atoms with E-state index in [4.69, 9.17) is 5.11 Å². The van der Waals surface area contributed by atoms with Gasteiger partial charge in [-0.25, -0.2) is 9.18 Å². The number of carboxylic acids is 1. The normalized spacial score (nSPS) is 12.6. The van der Waals surface area contributed by atoms with Crippen molar-refractivity contribution in [2.75, 3.05) is 0 Å². The molecular weight excluding hydrogens is 281 g/mol. The quantitative estimate of drug-likeness (QED) is 0.911. The first-order valence-corrected chi connectivity index (χ1v) is 6.93. The molecule has 0 radical (unpaired) electrons. The van der Waals surface area contributed by atoms with Crippen molar-refractivity contribution >= 4 is 33.3 Å². The highest BCUT2D eigenvalue weighted by Gasteiger charge is 2.24. The Balaban J connectivity index is 2.25.